The first-order valence-corrected chi connectivity index (χ1v) is 12.2. The van der Waals surface area contributed by atoms with Crippen LogP contribution in [0.5, 0.6) is 5.88 Å². The van der Waals surface area contributed by atoms with Crippen LogP contribution < -0.4 is 4.74 Å². The van der Waals surface area contributed by atoms with E-state index in [9.17, 15) is 9.90 Å². The van der Waals surface area contributed by atoms with Crippen LogP contribution in [0.4, 0.5) is 0 Å². The first-order valence-electron chi connectivity index (χ1n) is 12.2. The molecule has 1 saturated heterocycles. The molecular formula is C29H29N3O4. The third kappa shape index (κ3) is 4.70. The predicted molar refractivity (Wildman–Crippen MR) is 133 cm³/mol. The second-order valence-electron chi connectivity index (χ2n) is 9.63. The largest absolute Gasteiger partial charge is 0.477 e. The van der Waals surface area contributed by atoms with Gasteiger partial charge in [-0.3, -0.25) is 0 Å². The average Bonchev–Trinajstić information content (AvgIpc) is 3.31. The molecule has 2 aliphatic heterocycles. The van der Waals surface area contributed by atoms with Crippen molar-refractivity contribution in [3.8, 4) is 11.9 Å². The third-order valence-electron chi connectivity index (χ3n) is 7.56. The van der Waals surface area contributed by atoms with Gasteiger partial charge in [0.25, 0.3) is 0 Å². The number of pyridine rings is 1. The molecule has 2 aromatic carbocycles. The van der Waals surface area contributed by atoms with Crippen LogP contribution in [0, 0.1) is 18.3 Å². The number of aromatic nitrogens is 1. The average molecular weight is 484 g/mol. The maximum atomic E-state index is 11.8. The number of fused-ring (bicyclic) bond motifs is 1. The summed E-state index contributed by atoms with van der Waals surface area (Å²) in [6, 6.07) is 19.6. The Morgan fingerprint density at radius 3 is 2.64 bits per heavy atom. The lowest BCUT2D eigenvalue weighted by atomic mass is 9.73. The van der Waals surface area contributed by atoms with Gasteiger partial charge in [-0.25, -0.2) is 9.78 Å². The number of ether oxygens (including phenoxy) is 2. The zero-order valence-corrected chi connectivity index (χ0v) is 20.3. The van der Waals surface area contributed by atoms with Gasteiger partial charge < -0.3 is 19.5 Å². The first-order chi connectivity index (χ1) is 17.5. The van der Waals surface area contributed by atoms with Crippen LogP contribution in [0.2, 0.25) is 0 Å². The van der Waals surface area contributed by atoms with Gasteiger partial charge in [0, 0.05) is 29.8 Å². The molecule has 1 unspecified atom stereocenters. The summed E-state index contributed by atoms with van der Waals surface area (Å²) in [4.78, 5) is 18.4. The molecule has 3 aromatic rings. The summed E-state index contributed by atoms with van der Waals surface area (Å²) in [6.45, 7) is 4.88. The number of likely N-dealkylation sites (tertiary alicyclic amines) is 1. The van der Waals surface area contributed by atoms with Gasteiger partial charge in [-0.15, -0.1) is 0 Å². The summed E-state index contributed by atoms with van der Waals surface area (Å²) >= 11 is 0. The maximum Gasteiger partial charge on any atom is 0.338 e. The molecular weight excluding hydrogens is 454 g/mol. The lowest BCUT2D eigenvalue weighted by molar-refractivity contribution is 0.0535. The van der Waals surface area contributed by atoms with Gasteiger partial charge in [-0.05, 0) is 61.7 Å². The van der Waals surface area contributed by atoms with Crippen LogP contribution in [0.1, 0.15) is 57.1 Å². The monoisotopic (exact) mass is 483 g/mol. The quantitative estimate of drug-likeness (QED) is 0.506. The number of aliphatic hydroxyl groups excluding tert-OH is 1. The topological polar surface area (TPSA) is 95.7 Å². The lowest BCUT2D eigenvalue weighted by Crippen LogP contribution is -2.47. The van der Waals surface area contributed by atoms with Crippen LogP contribution in [0.15, 0.2) is 60.8 Å². The van der Waals surface area contributed by atoms with Crippen molar-refractivity contribution in [3.05, 3.63) is 94.2 Å². The van der Waals surface area contributed by atoms with Crippen molar-refractivity contribution in [2.45, 2.75) is 37.9 Å². The SMILES string of the molecule is Cc1c(C(O)CN2CCC(COc3ccc(C#N)cn3)(c3ccccc3)CC2)ccc2c1COC2=O. The number of piperidine rings is 1. The standard InChI is InChI=1S/C29H29N3O4/c1-20-23(8-9-24-25(20)18-35-28(24)34)26(33)17-32-13-11-29(12-14-32,22-5-3-2-4-6-22)19-36-27-10-7-21(15-30)16-31-27/h2-10,16,26,33H,11-14,17-19H2,1H3. The number of hydrogen-bond acceptors (Lipinski definition) is 7. The minimum absolute atomic E-state index is 0.167. The van der Waals surface area contributed by atoms with Gasteiger partial charge in [0.2, 0.25) is 5.88 Å². The Morgan fingerprint density at radius 1 is 1.17 bits per heavy atom. The number of rotatable bonds is 7. The van der Waals surface area contributed by atoms with Crippen molar-refractivity contribution in [2.24, 2.45) is 0 Å². The molecule has 1 atom stereocenters. The second kappa shape index (κ2) is 10.1. The summed E-state index contributed by atoms with van der Waals surface area (Å²) < 4.78 is 11.3. The van der Waals surface area contributed by atoms with E-state index in [1.807, 2.05) is 19.1 Å². The third-order valence-corrected chi connectivity index (χ3v) is 7.56. The molecule has 0 spiro atoms. The fourth-order valence-electron chi connectivity index (χ4n) is 5.29. The molecule has 36 heavy (non-hydrogen) atoms. The lowest BCUT2D eigenvalue weighted by Gasteiger charge is -2.42. The number of cyclic esters (lactones) is 1. The van der Waals surface area contributed by atoms with Gasteiger partial charge in [0.05, 0.1) is 23.8 Å². The van der Waals surface area contributed by atoms with Crippen molar-refractivity contribution in [1.82, 2.24) is 9.88 Å². The van der Waals surface area contributed by atoms with E-state index >= 15 is 0 Å². The molecule has 3 heterocycles. The number of benzene rings is 2. The minimum atomic E-state index is -0.644. The van der Waals surface area contributed by atoms with Gasteiger partial charge in [-0.2, -0.15) is 5.26 Å². The molecule has 0 amide bonds. The van der Waals surface area contributed by atoms with Crippen molar-refractivity contribution in [1.29, 1.82) is 5.26 Å². The zero-order valence-electron chi connectivity index (χ0n) is 20.3. The molecule has 1 N–H and O–H groups in total. The van der Waals surface area contributed by atoms with Crippen molar-refractivity contribution in [3.63, 3.8) is 0 Å². The Hall–Kier alpha value is -3.73. The number of carbonyl (C=O) groups is 1. The summed E-state index contributed by atoms with van der Waals surface area (Å²) in [5.74, 6) is 0.220. The fourth-order valence-corrected chi connectivity index (χ4v) is 5.29. The molecule has 5 rings (SSSR count). The van der Waals surface area contributed by atoms with E-state index in [1.165, 1.54) is 11.8 Å². The molecule has 2 aliphatic rings. The molecule has 7 heteroatoms. The fraction of sp³-hybridized carbons (Fsp3) is 0.345. The van der Waals surface area contributed by atoms with Crippen molar-refractivity contribution >= 4 is 5.97 Å². The number of esters is 1. The van der Waals surface area contributed by atoms with Crippen LogP contribution in [0.25, 0.3) is 0 Å². The molecule has 1 fully saturated rings. The van der Waals surface area contributed by atoms with Crippen LogP contribution in [-0.2, 0) is 16.8 Å². The Balaban J connectivity index is 1.27. The summed E-state index contributed by atoms with van der Waals surface area (Å²) in [5.41, 5.74) is 4.84. The zero-order chi connectivity index (χ0) is 25.1. The molecule has 1 aromatic heterocycles. The van der Waals surface area contributed by atoms with E-state index in [0.717, 1.165) is 42.6 Å². The van der Waals surface area contributed by atoms with Crippen molar-refractivity contribution in [2.75, 3.05) is 26.2 Å². The number of nitrogens with zero attached hydrogens (tertiary/aromatic N) is 3. The first kappa shape index (κ1) is 24.0. The van der Waals surface area contributed by atoms with E-state index in [-0.39, 0.29) is 18.0 Å². The number of β-amino-alcohol motifs (C(OH)–C–C–N with tert-alkyl or cyclic N) is 1. The Bertz CT molecular complexity index is 1280. The van der Waals surface area contributed by atoms with Gasteiger partial charge >= 0.3 is 5.97 Å². The molecule has 0 radical (unpaired) electrons. The van der Waals surface area contributed by atoms with Gasteiger partial charge in [-0.1, -0.05) is 36.4 Å². The molecule has 0 bridgehead atoms. The molecule has 0 aliphatic carbocycles. The van der Waals surface area contributed by atoms with E-state index in [0.29, 0.717) is 30.2 Å². The van der Waals surface area contributed by atoms with E-state index < -0.39 is 6.10 Å². The van der Waals surface area contributed by atoms with Gasteiger partial charge in [0.15, 0.2) is 0 Å². The highest BCUT2D eigenvalue weighted by Gasteiger charge is 2.38. The smallest absolute Gasteiger partial charge is 0.338 e. The molecule has 7 nitrogen and oxygen atoms in total. The second-order valence-corrected chi connectivity index (χ2v) is 9.63. The minimum Gasteiger partial charge on any atom is -0.477 e. The normalized spacial score (nSPS) is 17.6. The highest BCUT2D eigenvalue weighted by Crippen LogP contribution is 2.37. The Kier molecular flexibility index (Phi) is 6.73. The number of aliphatic hydroxyl groups is 1. The maximum absolute atomic E-state index is 11.8. The van der Waals surface area contributed by atoms with Crippen molar-refractivity contribution < 1.29 is 19.4 Å². The predicted octanol–water partition coefficient (Wildman–Crippen LogP) is 4.08. The number of carbonyl (C=O) groups excluding carboxylic acids is 1. The van der Waals surface area contributed by atoms with Crippen LogP contribution in [0.3, 0.4) is 0 Å². The summed E-state index contributed by atoms with van der Waals surface area (Å²) in [7, 11) is 0. The van der Waals surface area contributed by atoms with Crippen LogP contribution >= 0.6 is 0 Å². The number of hydrogen-bond donors (Lipinski definition) is 1. The van der Waals surface area contributed by atoms with E-state index in [2.05, 4.69) is 40.2 Å². The molecule has 184 valence electrons. The van der Waals surface area contributed by atoms with E-state index in [4.69, 9.17) is 14.7 Å². The Morgan fingerprint density at radius 2 is 1.94 bits per heavy atom. The van der Waals surface area contributed by atoms with Gasteiger partial charge in [0.1, 0.15) is 12.7 Å². The summed E-state index contributed by atoms with van der Waals surface area (Å²) in [6.07, 6.45) is 2.64. The Labute approximate surface area is 210 Å². The van der Waals surface area contributed by atoms with Crippen LogP contribution in [-0.4, -0.2) is 47.2 Å². The highest BCUT2D eigenvalue weighted by molar-refractivity contribution is 5.93. The molecule has 0 saturated carbocycles. The number of nitriles is 1. The van der Waals surface area contributed by atoms with E-state index in [1.54, 1.807) is 18.2 Å². The summed E-state index contributed by atoms with van der Waals surface area (Å²) in [5, 5.41) is 20.1. The highest BCUT2D eigenvalue weighted by atomic mass is 16.5.